The number of methoxy groups -OCH3 is 6. The van der Waals surface area contributed by atoms with Gasteiger partial charge in [0.05, 0.1) is 42.7 Å². The molecule has 0 aromatic heterocycles. The smallest absolute Gasteiger partial charge is 0.331 e. The summed E-state index contributed by atoms with van der Waals surface area (Å²) in [6, 6.07) is 0. The van der Waals surface area contributed by atoms with Crippen LogP contribution < -0.4 is 0 Å². The van der Waals surface area contributed by atoms with Crippen molar-refractivity contribution >= 4 is 24.1 Å². The van der Waals surface area contributed by atoms with Gasteiger partial charge in [-0.3, -0.25) is 9.59 Å². The van der Waals surface area contributed by atoms with E-state index in [1.165, 1.54) is 17.1 Å². The molecular formula is C53H85NO14. The van der Waals surface area contributed by atoms with Crippen molar-refractivity contribution in [2.24, 2.45) is 35.5 Å². The average molecular weight is 960 g/mol. The molecule has 1 amide bonds. The van der Waals surface area contributed by atoms with Crippen molar-refractivity contribution in [2.45, 2.75) is 154 Å². The monoisotopic (exact) mass is 960 g/mol. The number of carbonyl (C=O) groups is 4. The molecule has 15 nitrogen and oxygen atoms in total. The van der Waals surface area contributed by atoms with Gasteiger partial charge in [0.2, 0.25) is 6.41 Å². The zero-order chi connectivity index (χ0) is 51.1. The highest BCUT2D eigenvalue weighted by atomic mass is 16.6. The second-order valence-corrected chi connectivity index (χ2v) is 18.8. The van der Waals surface area contributed by atoms with E-state index in [-0.39, 0.29) is 54.3 Å². The number of esters is 2. The van der Waals surface area contributed by atoms with Crippen molar-refractivity contribution in [1.82, 2.24) is 4.90 Å². The number of ketones is 1. The molecule has 2 rings (SSSR count). The van der Waals surface area contributed by atoms with E-state index in [1.54, 1.807) is 68.1 Å². The highest BCUT2D eigenvalue weighted by Gasteiger charge is 2.40. The number of ether oxygens (including phenoxy) is 8. The minimum absolute atomic E-state index is 0.0505. The van der Waals surface area contributed by atoms with E-state index < -0.39 is 72.8 Å². The molecule has 15 heteroatoms. The quantitative estimate of drug-likeness (QED) is 0.0821. The van der Waals surface area contributed by atoms with Crippen molar-refractivity contribution in [2.75, 3.05) is 49.7 Å². The molecule has 0 radical (unpaired) electrons. The maximum Gasteiger partial charge on any atom is 0.331 e. The van der Waals surface area contributed by atoms with E-state index in [0.29, 0.717) is 44.1 Å². The van der Waals surface area contributed by atoms with Gasteiger partial charge < -0.3 is 53.0 Å². The van der Waals surface area contributed by atoms with Gasteiger partial charge in [-0.2, -0.15) is 0 Å². The molecule has 2 aliphatic heterocycles. The van der Waals surface area contributed by atoms with E-state index in [1.807, 2.05) is 78.8 Å². The number of fused-ring (bicyclic) bond motifs is 2. The van der Waals surface area contributed by atoms with Crippen LogP contribution in [0, 0.1) is 35.5 Å². The summed E-state index contributed by atoms with van der Waals surface area (Å²) in [4.78, 5) is 52.4. The minimum Gasteiger partial charge on any atom is -0.458 e. The van der Waals surface area contributed by atoms with E-state index >= 15 is 0 Å². The number of carbonyl (C=O) groups excluding carboxylic acids is 4. The van der Waals surface area contributed by atoms with Crippen LogP contribution in [0.25, 0.3) is 0 Å². The molecule has 2 heterocycles. The number of cyclic esters (lactones) is 1. The fourth-order valence-electron chi connectivity index (χ4n) is 9.13. The zero-order valence-electron chi connectivity index (χ0n) is 43.3. The molecular weight excluding hydrogens is 875 g/mol. The van der Waals surface area contributed by atoms with Crippen LogP contribution in [-0.2, 0) is 57.1 Å². The molecule has 2 aliphatic rings. The summed E-state index contributed by atoms with van der Waals surface area (Å²) in [7, 11) is 11.1. The minimum atomic E-state index is -1.10. The first-order valence-corrected chi connectivity index (χ1v) is 24.0. The maximum atomic E-state index is 13.7. The largest absolute Gasteiger partial charge is 0.458 e. The van der Waals surface area contributed by atoms with Crippen molar-refractivity contribution in [3.05, 3.63) is 72.0 Å². The second kappa shape index (κ2) is 31.4. The molecule has 2 bridgehead atoms. The van der Waals surface area contributed by atoms with Crippen LogP contribution in [0.15, 0.2) is 72.0 Å². The zero-order valence-corrected chi connectivity index (χ0v) is 43.3. The first-order valence-electron chi connectivity index (χ1n) is 24.0. The lowest BCUT2D eigenvalue weighted by molar-refractivity contribution is -0.160. The number of hydrogen-bond donors (Lipinski definition) is 2. The molecule has 2 N–H and O–H groups in total. The highest BCUT2D eigenvalue weighted by molar-refractivity contribution is 5.84. The molecule has 0 aliphatic carbocycles. The molecule has 0 aromatic rings. The van der Waals surface area contributed by atoms with Crippen LogP contribution in [0.2, 0.25) is 0 Å². The fraction of sp³-hybridized carbons (Fsp3) is 0.698. The normalized spacial score (nSPS) is 33.0. The van der Waals surface area contributed by atoms with E-state index in [9.17, 15) is 29.4 Å². The topological polar surface area (TPSA) is 186 Å². The Morgan fingerprint density at radius 2 is 1.50 bits per heavy atom. The Hall–Kier alpha value is -3.80. The third-order valence-corrected chi connectivity index (χ3v) is 13.8. The summed E-state index contributed by atoms with van der Waals surface area (Å²) in [5, 5.41) is 23.0. The standard InChI is InChI=1S/C53H85NO14/c1-33-17-15-19-48(58)67-52(39(7)51(66-14)35(3)22-25-44(56)37(5)46(64-12)18-16-26-54(8)32-55)36(4)21-24-41(61-9)30-45(57)34(2)20-23-42(62-10)31-47(65-13)38(6)53-50(60)40(29-49(59)68-53)28-43(27-33)63-11/h15-17,19-21,23-24,26,29,32,34-39,41-43,45-47,50-53,57,60H,18,22,25,27-28,30-31H2,1-14H3/b19-15+,23-20+,24-21+,26-16+,33-17+/t34-,35-,36-,37-,38+,39-,41-,42-,43?,45-,46+,47+,50-,51-,52-,53-/m1/s1. The Kier molecular flexibility index (Phi) is 27.9. The third kappa shape index (κ3) is 19.5. The second-order valence-electron chi connectivity index (χ2n) is 18.8. The molecule has 1 unspecified atom stereocenters. The Morgan fingerprint density at radius 1 is 0.853 bits per heavy atom. The van der Waals surface area contributed by atoms with Gasteiger partial charge in [0.25, 0.3) is 0 Å². The van der Waals surface area contributed by atoms with E-state index in [2.05, 4.69) is 0 Å². The lowest BCUT2D eigenvalue weighted by Crippen LogP contribution is -2.46. The number of amides is 1. The Bertz CT molecular complexity index is 1720. The number of nitrogens with zero attached hydrogens (tertiary/aromatic N) is 1. The molecule has 0 spiro atoms. The van der Waals surface area contributed by atoms with Crippen LogP contribution in [0.1, 0.15) is 93.4 Å². The van der Waals surface area contributed by atoms with Gasteiger partial charge in [-0.15, -0.1) is 0 Å². The van der Waals surface area contributed by atoms with Crippen molar-refractivity contribution in [3.8, 4) is 0 Å². The predicted molar refractivity (Wildman–Crippen MR) is 261 cm³/mol. The lowest BCUT2D eigenvalue weighted by Gasteiger charge is -2.37. The number of allylic oxidation sites excluding steroid dienone is 2. The van der Waals surface area contributed by atoms with Crippen LogP contribution in [0.5, 0.6) is 0 Å². The lowest BCUT2D eigenvalue weighted by atomic mass is 9.81. The first-order chi connectivity index (χ1) is 32.3. The molecule has 0 aromatic carbocycles. The first kappa shape index (κ1) is 60.3. The molecule has 68 heavy (non-hydrogen) atoms. The molecule has 0 saturated carbocycles. The number of aliphatic hydroxyl groups excluding tert-OH is 2. The van der Waals surface area contributed by atoms with Gasteiger partial charge in [-0.05, 0) is 44.1 Å². The molecule has 0 fully saturated rings. The van der Waals surface area contributed by atoms with Gasteiger partial charge in [0.1, 0.15) is 24.1 Å². The molecule has 386 valence electrons. The van der Waals surface area contributed by atoms with Gasteiger partial charge in [-0.25, -0.2) is 9.59 Å². The maximum absolute atomic E-state index is 13.7. The van der Waals surface area contributed by atoms with Crippen LogP contribution in [0.3, 0.4) is 0 Å². The highest BCUT2D eigenvalue weighted by Crippen LogP contribution is 2.33. The van der Waals surface area contributed by atoms with Gasteiger partial charge in [0.15, 0.2) is 0 Å². The predicted octanol–water partition coefficient (Wildman–Crippen LogP) is 6.91. The number of aliphatic hydroxyl groups is 2. The molecule has 16 atom stereocenters. The van der Waals surface area contributed by atoms with Gasteiger partial charge in [0, 0.05) is 117 Å². The van der Waals surface area contributed by atoms with Crippen LogP contribution >= 0.6 is 0 Å². The summed E-state index contributed by atoms with van der Waals surface area (Å²) in [6.45, 7) is 13.5. The summed E-state index contributed by atoms with van der Waals surface area (Å²) in [6.07, 6.45) is 14.6. The van der Waals surface area contributed by atoms with Crippen LogP contribution in [-0.4, -0.2) is 150 Å². The number of rotatable bonds is 18. The SMILES string of the molecule is COC1CC2=CC(=O)O[C@H]([C@@H](C)[C@@H](OC)C[C@H](OC)/C=C/[C@@H](C)[C@H](O)C[C@H](OC)/C=C/[C@@H](C)[C@H]([C@H](C)[C@H](OC)[C@H](C)CCC(=O)[C@@H](C)[C@H](C/C=C/N(C)C=O)OC)OC(=O)/C=C/C=C(\C)C1)[C@@H]2O. The van der Waals surface area contributed by atoms with Crippen molar-refractivity contribution in [1.29, 1.82) is 0 Å². The summed E-state index contributed by atoms with van der Waals surface area (Å²) in [5.74, 6) is -2.91. The summed E-state index contributed by atoms with van der Waals surface area (Å²) >= 11 is 0. The average Bonchev–Trinajstić information content (AvgIpc) is 3.32. The Labute approximate surface area is 406 Å². The Morgan fingerprint density at radius 3 is 2.09 bits per heavy atom. The third-order valence-electron chi connectivity index (χ3n) is 13.8. The van der Waals surface area contributed by atoms with E-state index in [0.717, 1.165) is 5.57 Å². The van der Waals surface area contributed by atoms with Crippen LogP contribution in [0.4, 0.5) is 0 Å². The van der Waals surface area contributed by atoms with Crippen molar-refractivity contribution in [3.63, 3.8) is 0 Å². The Balaban J connectivity index is 2.49. The number of Topliss-reactive ketones (excluding diaryl/α,β-unsaturated/α-hetero) is 1. The van der Waals surface area contributed by atoms with Crippen molar-refractivity contribution < 1.29 is 67.3 Å². The summed E-state index contributed by atoms with van der Waals surface area (Å²) in [5.41, 5.74) is 1.38. The number of hydrogen-bond acceptors (Lipinski definition) is 14. The van der Waals surface area contributed by atoms with Gasteiger partial charge >= 0.3 is 11.9 Å². The molecule has 0 saturated heterocycles. The fourth-order valence-corrected chi connectivity index (χ4v) is 9.13. The van der Waals surface area contributed by atoms with Gasteiger partial charge in [-0.1, -0.05) is 89.6 Å². The summed E-state index contributed by atoms with van der Waals surface area (Å²) < 4.78 is 47.1. The van der Waals surface area contributed by atoms with E-state index in [4.69, 9.17) is 37.9 Å².